The van der Waals surface area contributed by atoms with E-state index in [1.165, 1.54) is 7.11 Å². The van der Waals surface area contributed by atoms with Crippen molar-refractivity contribution in [3.63, 3.8) is 0 Å². The molecular weight excluding hydrogens is 366 g/mol. The van der Waals surface area contributed by atoms with Gasteiger partial charge in [-0.25, -0.2) is 0 Å². The summed E-state index contributed by atoms with van der Waals surface area (Å²) in [7, 11) is 4.90. The van der Waals surface area contributed by atoms with E-state index < -0.39 is 11.5 Å². The Balaban J connectivity index is 2.04. The molecule has 5 nitrogen and oxygen atoms in total. The number of ether oxygens (including phenoxy) is 2. The van der Waals surface area contributed by atoms with Gasteiger partial charge >= 0.3 is 0 Å². The summed E-state index contributed by atoms with van der Waals surface area (Å²) < 4.78 is 10.9. The smallest absolute Gasteiger partial charge is 0.238 e. The number of likely N-dealkylation sites (N-methyl/N-ethyl adjacent to an activating group) is 1. The van der Waals surface area contributed by atoms with Gasteiger partial charge in [0.05, 0.1) is 13.2 Å². The van der Waals surface area contributed by atoms with Crippen LogP contribution in [0, 0.1) is 11.8 Å². The number of halogens is 1. The summed E-state index contributed by atoms with van der Waals surface area (Å²) >= 11 is 6.49. The van der Waals surface area contributed by atoms with Gasteiger partial charge in [-0.15, -0.1) is 5.92 Å². The summed E-state index contributed by atoms with van der Waals surface area (Å²) in [6.07, 6.45) is 2.84. The van der Waals surface area contributed by atoms with Crippen LogP contribution in [0.15, 0.2) is 12.1 Å². The molecule has 27 heavy (non-hydrogen) atoms. The number of carbonyl (C=O) groups is 2. The molecule has 0 bridgehead atoms. The van der Waals surface area contributed by atoms with Crippen LogP contribution in [0.1, 0.15) is 49.7 Å². The summed E-state index contributed by atoms with van der Waals surface area (Å²) in [4.78, 5) is 28.2. The van der Waals surface area contributed by atoms with Crippen LogP contribution in [0.2, 0.25) is 5.02 Å². The van der Waals surface area contributed by atoms with Crippen molar-refractivity contribution in [2.45, 2.75) is 50.2 Å². The fourth-order valence-electron chi connectivity index (χ4n) is 4.35. The van der Waals surface area contributed by atoms with Crippen LogP contribution in [0.3, 0.4) is 0 Å². The second-order valence-electron chi connectivity index (χ2n) is 7.11. The third-order valence-corrected chi connectivity index (χ3v) is 6.22. The lowest BCUT2D eigenvalue weighted by atomic mass is 9.75. The van der Waals surface area contributed by atoms with Crippen LogP contribution in [-0.4, -0.2) is 49.5 Å². The molecule has 1 saturated heterocycles. The number of hydrogen-bond donors (Lipinski definition) is 0. The molecule has 2 fully saturated rings. The van der Waals surface area contributed by atoms with E-state index in [2.05, 4.69) is 11.8 Å². The van der Waals surface area contributed by atoms with Crippen molar-refractivity contribution in [3.05, 3.63) is 28.3 Å². The van der Waals surface area contributed by atoms with Crippen molar-refractivity contribution in [2.24, 2.45) is 0 Å². The molecule has 144 valence electrons. The molecular formula is C21H24ClNO4. The lowest BCUT2D eigenvalue weighted by Gasteiger charge is -2.40. The maximum atomic E-state index is 13.5. The van der Waals surface area contributed by atoms with Gasteiger partial charge < -0.3 is 14.4 Å². The van der Waals surface area contributed by atoms with Crippen molar-refractivity contribution in [2.75, 3.05) is 21.3 Å². The van der Waals surface area contributed by atoms with Crippen LogP contribution in [0.4, 0.5) is 0 Å². The molecule has 1 aromatic carbocycles. The van der Waals surface area contributed by atoms with Crippen LogP contribution < -0.4 is 4.74 Å². The number of nitrogens with zero attached hydrogens (tertiary/aromatic N) is 1. The molecule has 1 heterocycles. The molecule has 1 aromatic rings. The van der Waals surface area contributed by atoms with E-state index in [0.717, 1.165) is 12.8 Å². The number of Topliss-reactive ketones (excluding diaryl/α,β-unsaturated/α-hetero) is 1. The maximum Gasteiger partial charge on any atom is 0.238 e. The average Bonchev–Trinajstić information content (AvgIpc) is 2.84. The van der Waals surface area contributed by atoms with E-state index in [1.807, 2.05) is 0 Å². The van der Waals surface area contributed by atoms with Crippen molar-refractivity contribution in [1.82, 2.24) is 4.90 Å². The van der Waals surface area contributed by atoms with Gasteiger partial charge in [0, 0.05) is 30.3 Å². The zero-order chi connectivity index (χ0) is 19.8. The number of benzene rings is 1. The molecule has 6 heteroatoms. The SMILES string of the molecule is CC#Cc1cc(Cl)c(C2C(=O)N(C)C3(CCC(OC)CC3)C2=O)c(OC)c1. The monoisotopic (exact) mass is 389 g/mol. The number of ketones is 1. The van der Waals surface area contributed by atoms with Gasteiger partial charge in [0.25, 0.3) is 0 Å². The fourth-order valence-corrected chi connectivity index (χ4v) is 4.67. The highest BCUT2D eigenvalue weighted by Crippen LogP contribution is 2.48. The fraction of sp³-hybridized carbons (Fsp3) is 0.524. The van der Waals surface area contributed by atoms with E-state index in [0.29, 0.717) is 34.7 Å². The van der Waals surface area contributed by atoms with E-state index in [-0.39, 0.29) is 17.8 Å². The molecule has 0 N–H and O–H groups in total. The molecule has 1 aliphatic carbocycles. The molecule has 1 unspecified atom stereocenters. The zero-order valence-corrected chi connectivity index (χ0v) is 16.9. The second-order valence-corrected chi connectivity index (χ2v) is 7.52. The van der Waals surface area contributed by atoms with E-state index in [9.17, 15) is 9.59 Å². The number of hydrogen-bond acceptors (Lipinski definition) is 4. The van der Waals surface area contributed by atoms with E-state index in [1.54, 1.807) is 38.1 Å². The molecule has 3 rings (SSSR count). The third-order valence-electron chi connectivity index (χ3n) is 5.90. The van der Waals surface area contributed by atoms with Crippen molar-refractivity contribution in [3.8, 4) is 17.6 Å². The predicted octanol–water partition coefficient (Wildman–Crippen LogP) is 3.17. The van der Waals surface area contributed by atoms with Gasteiger partial charge in [0.15, 0.2) is 5.78 Å². The van der Waals surface area contributed by atoms with E-state index >= 15 is 0 Å². The minimum Gasteiger partial charge on any atom is -0.496 e. The standard InChI is InChI=1S/C21H24ClNO4/c1-5-6-13-11-15(22)17(16(12-13)27-4)18-19(24)21(23(2)20(18)25)9-7-14(26-3)8-10-21/h11-12,14,18H,7-10H2,1-4H3. The Bertz CT molecular complexity index is 831. The first-order valence-corrected chi connectivity index (χ1v) is 9.42. The Morgan fingerprint density at radius 1 is 1.22 bits per heavy atom. The topological polar surface area (TPSA) is 55.8 Å². The van der Waals surface area contributed by atoms with Crippen molar-refractivity contribution < 1.29 is 19.1 Å². The number of likely N-dealkylation sites (tertiary alicyclic amines) is 1. The van der Waals surface area contributed by atoms with Gasteiger partial charge in [-0.1, -0.05) is 17.5 Å². The summed E-state index contributed by atoms with van der Waals surface area (Å²) in [6, 6.07) is 3.41. The molecule has 1 spiro atoms. The Hall–Kier alpha value is -2.03. The Morgan fingerprint density at radius 3 is 2.44 bits per heavy atom. The van der Waals surface area contributed by atoms with Crippen LogP contribution in [-0.2, 0) is 14.3 Å². The van der Waals surface area contributed by atoms with E-state index in [4.69, 9.17) is 21.1 Å². The second kappa shape index (κ2) is 7.53. The highest BCUT2D eigenvalue weighted by molar-refractivity contribution is 6.33. The molecule has 1 saturated carbocycles. The highest BCUT2D eigenvalue weighted by Gasteiger charge is 2.58. The summed E-state index contributed by atoms with van der Waals surface area (Å²) in [5.74, 6) is 4.89. The largest absolute Gasteiger partial charge is 0.496 e. The lowest BCUT2D eigenvalue weighted by Crippen LogP contribution is -2.51. The quantitative estimate of drug-likeness (QED) is 0.588. The lowest BCUT2D eigenvalue weighted by molar-refractivity contribution is -0.134. The third kappa shape index (κ3) is 3.11. The first-order valence-electron chi connectivity index (χ1n) is 9.04. The summed E-state index contributed by atoms with van der Waals surface area (Å²) in [5, 5.41) is 0.329. The zero-order valence-electron chi connectivity index (χ0n) is 16.1. The van der Waals surface area contributed by atoms with Gasteiger partial charge in [-0.3, -0.25) is 9.59 Å². The molecule has 1 aliphatic heterocycles. The van der Waals surface area contributed by atoms with Gasteiger partial charge in [0.1, 0.15) is 17.2 Å². The Morgan fingerprint density at radius 2 is 1.89 bits per heavy atom. The minimum absolute atomic E-state index is 0.0981. The van der Waals surface area contributed by atoms with Crippen LogP contribution in [0.5, 0.6) is 5.75 Å². The minimum atomic E-state index is -0.944. The number of rotatable bonds is 3. The highest BCUT2D eigenvalue weighted by atomic mass is 35.5. The summed E-state index contributed by atoms with van der Waals surface area (Å²) in [6.45, 7) is 1.73. The maximum absolute atomic E-state index is 13.5. The van der Waals surface area contributed by atoms with Gasteiger partial charge in [-0.05, 0) is 44.7 Å². The first kappa shape index (κ1) is 19.7. The van der Waals surface area contributed by atoms with Crippen LogP contribution >= 0.6 is 11.6 Å². The molecule has 1 atom stereocenters. The molecule has 2 aliphatic rings. The van der Waals surface area contributed by atoms with Crippen LogP contribution in [0.25, 0.3) is 0 Å². The summed E-state index contributed by atoms with van der Waals surface area (Å²) in [5.41, 5.74) is 0.339. The normalized spacial score (nSPS) is 27.7. The Labute approximate surface area is 165 Å². The number of amides is 1. The first-order chi connectivity index (χ1) is 12.9. The average molecular weight is 390 g/mol. The van der Waals surface area contributed by atoms with Crippen molar-refractivity contribution in [1.29, 1.82) is 0 Å². The number of carbonyl (C=O) groups excluding carboxylic acids is 2. The van der Waals surface area contributed by atoms with Crippen molar-refractivity contribution >= 4 is 23.3 Å². The van der Waals surface area contributed by atoms with Gasteiger partial charge in [0.2, 0.25) is 5.91 Å². The Kier molecular flexibility index (Phi) is 5.50. The molecule has 0 radical (unpaired) electrons. The molecule has 1 amide bonds. The molecule has 0 aromatic heterocycles. The van der Waals surface area contributed by atoms with Gasteiger partial charge in [-0.2, -0.15) is 0 Å². The predicted molar refractivity (Wildman–Crippen MR) is 103 cm³/mol. The number of methoxy groups -OCH3 is 2.